The van der Waals surface area contributed by atoms with Crippen LogP contribution in [0.5, 0.6) is 0 Å². The van der Waals surface area contributed by atoms with Crippen molar-refractivity contribution in [2.45, 2.75) is 19.0 Å². The Labute approximate surface area is 115 Å². The third kappa shape index (κ3) is 1.54. The second-order valence-electron chi connectivity index (χ2n) is 3.89. The summed E-state index contributed by atoms with van der Waals surface area (Å²) in [5, 5.41) is 1.57. The molecule has 0 aromatic carbocycles. The van der Waals surface area contributed by atoms with Crippen molar-refractivity contribution in [3.8, 4) is 0 Å². The summed E-state index contributed by atoms with van der Waals surface area (Å²) in [7, 11) is 0. The van der Waals surface area contributed by atoms with Gasteiger partial charge in [-0.25, -0.2) is 0 Å². The molecule has 0 bridgehead atoms. The molecule has 0 radical (unpaired) electrons. The summed E-state index contributed by atoms with van der Waals surface area (Å²) in [6, 6.07) is 0. The molecule has 88 valence electrons. The van der Waals surface area contributed by atoms with E-state index in [1.54, 1.807) is 23.1 Å². The Morgan fingerprint density at radius 3 is 2.94 bits per heavy atom. The van der Waals surface area contributed by atoms with Gasteiger partial charge in [-0.3, -0.25) is 9.36 Å². The van der Waals surface area contributed by atoms with Gasteiger partial charge in [-0.1, -0.05) is 27.7 Å². The number of thiophene rings is 1. The largest absolute Gasteiger partial charge is 0.282 e. The van der Waals surface area contributed by atoms with Crippen LogP contribution in [0.2, 0.25) is 0 Å². The SMILES string of the molecule is Cc1sc2c(c1C)c(=O)nc1n2/C(=C\Br)CS1. The fourth-order valence-electron chi connectivity index (χ4n) is 1.93. The van der Waals surface area contributed by atoms with Gasteiger partial charge < -0.3 is 0 Å². The van der Waals surface area contributed by atoms with Crippen LogP contribution >= 0.6 is 39.0 Å². The van der Waals surface area contributed by atoms with Crippen molar-refractivity contribution in [2.75, 3.05) is 5.75 Å². The Hall–Kier alpha value is -0.590. The van der Waals surface area contributed by atoms with E-state index in [0.717, 1.165) is 32.4 Å². The van der Waals surface area contributed by atoms with Gasteiger partial charge in [-0.2, -0.15) is 4.98 Å². The van der Waals surface area contributed by atoms with Crippen LogP contribution in [-0.2, 0) is 0 Å². The van der Waals surface area contributed by atoms with Gasteiger partial charge in [0.25, 0.3) is 5.56 Å². The number of fused-ring (bicyclic) bond motifs is 3. The first-order valence-electron chi connectivity index (χ1n) is 5.08. The number of nitrogens with zero attached hydrogens (tertiary/aromatic N) is 2. The highest BCUT2D eigenvalue weighted by Crippen LogP contribution is 2.38. The Balaban J connectivity index is 2.54. The van der Waals surface area contributed by atoms with E-state index in [2.05, 4.69) is 25.5 Å². The minimum absolute atomic E-state index is 0.101. The number of thioether (sulfide) groups is 1. The Morgan fingerprint density at radius 2 is 2.24 bits per heavy atom. The molecule has 0 saturated heterocycles. The van der Waals surface area contributed by atoms with Crippen molar-refractivity contribution in [3.63, 3.8) is 0 Å². The summed E-state index contributed by atoms with van der Waals surface area (Å²) >= 11 is 6.65. The molecule has 1 aliphatic rings. The molecular formula is C11H9BrN2OS2. The number of halogens is 1. The van der Waals surface area contributed by atoms with E-state index < -0.39 is 0 Å². The normalized spacial score (nSPS) is 17.0. The van der Waals surface area contributed by atoms with E-state index in [1.165, 1.54) is 4.88 Å². The minimum atomic E-state index is -0.101. The maximum absolute atomic E-state index is 12.0. The van der Waals surface area contributed by atoms with Crippen molar-refractivity contribution in [2.24, 2.45) is 0 Å². The lowest BCUT2D eigenvalue weighted by atomic mass is 10.2. The molecule has 1 aliphatic heterocycles. The maximum Gasteiger partial charge on any atom is 0.282 e. The first kappa shape index (κ1) is 11.5. The summed E-state index contributed by atoms with van der Waals surface area (Å²) in [5.41, 5.74) is 2.10. The molecule has 17 heavy (non-hydrogen) atoms. The number of hydrogen-bond donors (Lipinski definition) is 0. The predicted octanol–water partition coefficient (Wildman–Crippen LogP) is 3.37. The molecule has 6 heteroatoms. The molecule has 2 aromatic rings. The van der Waals surface area contributed by atoms with Crippen molar-refractivity contribution in [3.05, 3.63) is 25.8 Å². The molecule has 0 aliphatic carbocycles. The van der Waals surface area contributed by atoms with Crippen molar-refractivity contribution in [1.82, 2.24) is 9.55 Å². The summed E-state index contributed by atoms with van der Waals surface area (Å²) in [6.07, 6.45) is 0. The van der Waals surface area contributed by atoms with Crippen LogP contribution in [0.3, 0.4) is 0 Å². The second kappa shape index (κ2) is 3.96. The zero-order chi connectivity index (χ0) is 12.2. The van der Waals surface area contributed by atoms with Crippen LogP contribution in [0, 0.1) is 13.8 Å². The van der Waals surface area contributed by atoms with Crippen LogP contribution in [0.1, 0.15) is 10.4 Å². The highest BCUT2D eigenvalue weighted by molar-refractivity contribution is 9.11. The van der Waals surface area contributed by atoms with E-state index >= 15 is 0 Å². The quantitative estimate of drug-likeness (QED) is 0.695. The summed E-state index contributed by atoms with van der Waals surface area (Å²) in [6.45, 7) is 4.04. The minimum Gasteiger partial charge on any atom is -0.282 e. The topological polar surface area (TPSA) is 34.9 Å². The predicted molar refractivity (Wildman–Crippen MR) is 77.3 cm³/mol. The van der Waals surface area contributed by atoms with Crippen molar-refractivity contribution in [1.29, 1.82) is 0 Å². The van der Waals surface area contributed by atoms with Crippen LogP contribution in [-0.4, -0.2) is 15.3 Å². The summed E-state index contributed by atoms with van der Waals surface area (Å²) < 4.78 is 2.08. The van der Waals surface area contributed by atoms with Gasteiger partial charge >= 0.3 is 0 Å². The second-order valence-corrected chi connectivity index (χ2v) is 6.49. The molecule has 0 spiro atoms. The summed E-state index contributed by atoms with van der Waals surface area (Å²) in [4.78, 5) is 20.3. The Morgan fingerprint density at radius 1 is 1.47 bits per heavy atom. The van der Waals surface area contributed by atoms with E-state index in [-0.39, 0.29) is 5.56 Å². The molecule has 0 fully saturated rings. The average Bonchev–Trinajstić information content (AvgIpc) is 2.82. The van der Waals surface area contributed by atoms with Crippen LogP contribution in [0.15, 0.2) is 14.9 Å². The highest BCUT2D eigenvalue weighted by atomic mass is 79.9. The number of aryl methyl sites for hydroxylation is 2. The number of aromatic nitrogens is 2. The van der Waals surface area contributed by atoms with E-state index in [0.29, 0.717) is 0 Å². The van der Waals surface area contributed by atoms with Gasteiger partial charge in [0.05, 0.1) is 5.39 Å². The van der Waals surface area contributed by atoms with Crippen molar-refractivity contribution >= 4 is 54.9 Å². The van der Waals surface area contributed by atoms with Crippen LogP contribution in [0.4, 0.5) is 0 Å². The zero-order valence-electron chi connectivity index (χ0n) is 9.28. The highest BCUT2D eigenvalue weighted by Gasteiger charge is 2.23. The molecule has 0 unspecified atom stereocenters. The fraction of sp³-hybridized carbons (Fsp3) is 0.273. The van der Waals surface area contributed by atoms with E-state index in [9.17, 15) is 4.79 Å². The first-order valence-corrected chi connectivity index (χ1v) is 7.80. The van der Waals surface area contributed by atoms with Gasteiger partial charge in [0.1, 0.15) is 4.83 Å². The molecule has 3 rings (SSSR count). The Bertz CT molecular complexity index is 714. The van der Waals surface area contributed by atoms with Crippen LogP contribution in [0.25, 0.3) is 15.9 Å². The van der Waals surface area contributed by atoms with Gasteiger partial charge in [0, 0.05) is 21.3 Å². The van der Waals surface area contributed by atoms with Gasteiger partial charge in [-0.15, -0.1) is 11.3 Å². The van der Waals surface area contributed by atoms with Crippen molar-refractivity contribution < 1.29 is 0 Å². The van der Waals surface area contributed by atoms with Gasteiger partial charge in [0.2, 0.25) is 0 Å². The Kier molecular flexibility index (Phi) is 2.68. The lowest BCUT2D eigenvalue weighted by Gasteiger charge is -2.04. The molecule has 3 heterocycles. The van der Waals surface area contributed by atoms with E-state index in [1.807, 2.05) is 18.8 Å². The van der Waals surface area contributed by atoms with E-state index in [4.69, 9.17) is 0 Å². The lowest BCUT2D eigenvalue weighted by Crippen LogP contribution is -2.11. The summed E-state index contributed by atoms with van der Waals surface area (Å²) in [5.74, 6) is 0.854. The average molecular weight is 329 g/mol. The molecule has 0 amide bonds. The molecule has 3 nitrogen and oxygen atoms in total. The monoisotopic (exact) mass is 328 g/mol. The number of hydrogen-bond acceptors (Lipinski definition) is 4. The smallest absolute Gasteiger partial charge is 0.282 e. The molecule has 0 N–H and O–H groups in total. The van der Waals surface area contributed by atoms with Gasteiger partial charge in [-0.05, 0) is 19.4 Å². The fourth-order valence-corrected chi connectivity index (χ4v) is 4.73. The maximum atomic E-state index is 12.0. The third-order valence-corrected chi connectivity index (χ3v) is 5.63. The molecule has 2 aromatic heterocycles. The lowest BCUT2D eigenvalue weighted by molar-refractivity contribution is 0.892. The van der Waals surface area contributed by atoms with Gasteiger partial charge in [0.15, 0.2) is 5.16 Å². The number of rotatable bonds is 0. The molecule has 0 saturated carbocycles. The molecular weight excluding hydrogens is 320 g/mol. The van der Waals surface area contributed by atoms with Crippen LogP contribution < -0.4 is 5.56 Å². The first-order chi connectivity index (χ1) is 8.13. The third-order valence-electron chi connectivity index (χ3n) is 2.93. The zero-order valence-corrected chi connectivity index (χ0v) is 12.5. The molecule has 0 atom stereocenters. The standard InChI is InChI=1S/C11H9BrN2OS2/c1-5-6(2)17-10-8(5)9(15)13-11-14(10)7(3-12)4-16-11/h3H,4H2,1-2H3/b7-3-.